The zero-order chi connectivity index (χ0) is 21.5. The Morgan fingerprint density at radius 1 is 1.20 bits per heavy atom. The highest BCUT2D eigenvalue weighted by molar-refractivity contribution is 5.97. The first kappa shape index (κ1) is 21.3. The molecule has 3 aromatic rings. The number of nitrogens with zero attached hydrogens (tertiary/aromatic N) is 5. The lowest BCUT2D eigenvalue weighted by atomic mass is 10.1. The molecule has 30 heavy (non-hydrogen) atoms. The molecule has 3 N–H and O–H groups in total. The zero-order valence-corrected chi connectivity index (χ0v) is 16.9. The van der Waals surface area contributed by atoms with Crippen molar-refractivity contribution in [3.05, 3.63) is 52.7 Å². The first-order valence-corrected chi connectivity index (χ1v) is 9.75. The summed E-state index contributed by atoms with van der Waals surface area (Å²) in [6.07, 6.45) is 1.69. The van der Waals surface area contributed by atoms with Crippen LogP contribution in [0.3, 0.4) is 0 Å². The first-order valence-electron chi connectivity index (χ1n) is 9.75. The Hall–Kier alpha value is -3.37. The van der Waals surface area contributed by atoms with Crippen LogP contribution in [-0.2, 0) is 13.0 Å². The number of hydrogen-bond acceptors (Lipinski definition) is 6. The third-order valence-corrected chi connectivity index (χ3v) is 4.19. The van der Waals surface area contributed by atoms with Crippen molar-refractivity contribution in [2.75, 3.05) is 18.4 Å². The summed E-state index contributed by atoms with van der Waals surface area (Å²) in [5.74, 6) is 0.0416. The van der Waals surface area contributed by atoms with Gasteiger partial charge < -0.3 is 15.6 Å². The molecular weight excluding hydrogens is 394 g/mol. The molecule has 0 bridgehead atoms. The van der Waals surface area contributed by atoms with Crippen molar-refractivity contribution in [2.45, 2.75) is 39.7 Å². The molecule has 0 aliphatic heterocycles. The number of amides is 1. The fourth-order valence-electron chi connectivity index (χ4n) is 2.88. The summed E-state index contributed by atoms with van der Waals surface area (Å²) in [6, 6.07) is 3.29. The standard InChI is InChI=1S/C19H24F2N8O/c1-3-5-22-18-17(24-12(2)25-18)19(30)23-6-4-7-29-27-16(26-28-29)10-13-8-14(20)11-15(21)9-13/h8-9,11,22H,3-7,10H2,1-2H3,(H,23,30)(H,24,25). The van der Waals surface area contributed by atoms with E-state index in [2.05, 4.69) is 36.0 Å². The van der Waals surface area contributed by atoms with Gasteiger partial charge in [-0.2, -0.15) is 4.80 Å². The summed E-state index contributed by atoms with van der Waals surface area (Å²) in [5, 5.41) is 18.0. The number of H-pyrrole nitrogens is 1. The number of carbonyl (C=O) groups is 1. The molecule has 160 valence electrons. The van der Waals surface area contributed by atoms with Gasteiger partial charge in [-0.15, -0.1) is 10.2 Å². The Morgan fingerprint density at radius 2 is 1.97 bits per heavy atom. The topological polar surface area (TPSA) is 113 Å². The second-order valence-electron chi connectivity index (χ2n) is 6.84. The molecule has 9 nitrogen and oxygen atoms in total. The molecular formula is C19H24F2N8O. The maximum atomic E-state index is 13.3. The van der Waals surface area contributed by atoms with Crippen molar-refractivity contribution in [3.8, 4) is 0 Å². The summed E-state index contributed by atoms with van der Waals surface area (Å²) in [4.78, 5) is 21.0. The maximum Gasteiger partial charge on any atom is 0.271 e. The molecule has 2 heterocycles. The van der Waals surface area contributed by atoms with E-state index in [1.165, 1.54) is 16.9 Å². The van der Waals surface area contributed by atoms with E-state index in [4.69, 9.17) is 0 Å². The number of imidazole rings is 1. The van der Waals surface area contributed by atoms with Crippen molar-refractivity contribution in [3.63, 3.8) is 0 Å². The van der Waals surface area contributed by atoms with Gasteiger partial charge in [-0.05, 0) is 42.7 Å². The van der Waals surface area contributed by atoms with Crippen molar-refractivity contribution in [1.82, 2.24) is 35.5 Å². The van der Waals surface area contributed by atoms with Crippen molar-refractivity contribution < 1.29 is 13.6 Å². The van der Waals surface area contributed by atoms with Gasteiger partial charge in [0.1, 0.15) is 23.2 Å². The zero-order valence-electron chi connectivity index (χ0n) is 16.9. The molecule has 0 radical (unpaired) electrons. The number of benzene rings is 1. The van der Waals surface area contributed by atoms with Crippen LogP contribution >= 0.6 is 0 Å². The van der Waals surface area contributed by atoms with Crippen LogP contribution < -0.4 is 10.6 Å². The SMILES string of the molecule is CCCNc1nc(C)[nH]c1C(=O)NCCCn1nnc(Cc2cc(F)cc(F)c2)n1. The van der Waals surface area contributed by atoms with E-state index < -0.39 is 11.6 Å². The molecule has 0 fully saturated rings. The Kier molecular flexibility index (Phi) is 7.04. The third kappa shape index (κ3) is 5.82. The molecule has 1 amide bonds. The fraction of sp³-hybridized carbons (Fsp3) is 0.421. The highest BCUT2D eigenvalue weighted by atomic mass is 19.1. The smallest absolute Gasteiger partial charge is 0.271 e. The summed E-state index contributed by atoms with van der Waals surface area (Å²) in [5.41, 5.74) is 0.839. The van der Waals surface area contributed by atoms with Crippen molar-refractivity contribution in [1.29, 1.82) is 0 Å². The fourth-order valence-corrected chi connectivity index (χ4v) is 2.88. The minimum absolute atomic E-state index is 0.179. The average Bonchev–Trinajstić information content (AvgIpc) is 3.28. The second kappa shape index (κ2) is 9.90. The van der Waals surface area contributed by atoms with Crippen LogP contribution in [0.4, 0.5) is 14.6 Å². The average molecular weight is 418 g/mol. The van der Waals surface area contributed by atoms with Crippen LogP contribution in [0.15, 0.2) is 18.2 Å². The van der Waals surface area contributed by atoms with Crippen LogP contribution in [0.2, 0.25) is 0 Å². The predicted octanol–water partition coefficient (Wildman–Crippen LogP) is 2.22. The highest BCUT2D eigenvalue weighted by Gasteiger charge is 2.15. The van der Waals surface area contributed by atoms with Gasteiger partial charge >= 0.3 is 0 Å². The predicted molar refractivity (Wildman–Crippen MR) is 106 cm³/mol. The number of tetrazole rings is 1. The van der Waals surface area contributed by atoms with E-state index in [9.17, 15) is 13.6 Å². The van der Waals surface area contributed by atoms with Gasteiger partial charge in [0.25, 0.3) is 5.91 Å². The van der Waals surface area contributed by atoms with E-state index in [1.807, 2.05) is 6.92 Å². The minimum atomic E-state index is -0.645. The molecule has 0 atom stereocenters. The molecule has 0 aliphatic carbocycles. The summed E-state index contributed by atoms with van der Waals surface area (Å²) < 4.78 is 26.5. The number of rotatable bonds is 10. The normalized spacial score (nSPS) is 10.9. The molecule has 3 rings (SSSR count). The Bertz CT molecular complexity index is 980. The molecule has 0 aliphatic rings. The van der Waals surface area contributed by atoms with Gasteiger partial charge in [0.05, 0.1) is 6.54 Å². The molecule has 0 saturated heterocycles. The number of halogens is 2. The lowest BCUT2D eigenvalue weighted by molar-refractivity contribution is 0.0948. The number of nitrogens with one attached hydrogen (secondary N) is 3. The lowest BCUT2D eigenvalue weighted by Gasteiger charge is -2.06. The Balaban J connectivity index is 1.46. The summed E-state index contributed by atoms with van der Waals surface area (Å²) in [6.45, 7) is 5.41. The van der Waals surface area contributed by atoms with Crippen LogP contribution in [0.1, 0.15) is 47.5 Å². The van der Waals surface area contributed by atoms with Gasteiger partial charge in [-0.3, -0.25) is 4.79 Å². The molecule has 0 spiro atoms. The number of hydrogen-bond donors (Lipinski definition) is 3. The maximum absolute atomic E-state index is 13.3. The molecule has 11 heteroatoms. The molecule has 2 aromatic heterocycles. The molecule has 1 aromatic carbocycles. The van der Waals surface area contributed by atoms with E-state index in [-0.39, 0.29) is 12.3 Å². The van der Waals surface area contributed by atoms with Gasteiger partial charge in [0, 0.05) is 25.6 Å². The number of carbonyl (C=O) groups excluding carboxylic acids is 1. The third-order valence-electron chi connectivity index (χ3n) is 4.19. The van der Waals surface area contributed by atoms with Crippen LogP contribution in [0.25, 0.3) is 0 Å². The quantitative estimate of drug-likeness (QED) is 0.435. The second-order valence-corrected chi connectivity index (χ2v) is 6.84. The van der Waals surface area contributed by atoms with E-state index in [0.717, 1.165) is 19.0 Å². The summed E-state index contributed by atoms with van der Waals surface area (Å²) >= 11 is 0. The largest absolute Gasteiger partial charge is 0.368 e. The molecule has 0 unspecified atom stereocenters. The minimum Gasteiger partial charge on any atom is -0.368 e. The number of aryl methyl sites for hydroxylation is 2. The van der Waals surface area contributed by atoms with Crippen molar-refractivity contribution >= 4 is 11.7 Å². The Labute approximate surface area is 172 Å². The number of aromatic nitrogens is 6. The number of anilines is 1. The highest BCUT2D eigenvalue weighted by Crippen LogP contribution is 2.12. The monoisotopic (exact) mass is 418 g/mol. The van der Waals surface area contributed by atoms with Crippen LogP contribution in [-0.4, -0.2) is 49.2 Å². The summed E-state index contributed by atoms with van der Waals surface area (Å²) in [7, 11) is 0. The van der Waals surface area contributed by atoms with Gasteiger partial charge in [-0.1, -0.05) is 6.92 Å². The van der Waals surface area contributed by atoms with E-state index in [0.29, 0.717) is 48.2 Å². The van der Waals surface area contributed by atoms with E-state index in [1.54, 1.807) is 6.92 Å². The van der Waals surface area contributed by atoms with Gasteiger partial charge in [0.2, 0.25) is 0 Å². The first-order chi connectivity index (χ1) is 14.4. The van der Waals surface area contributed by atoms with Gasteiger partial charge in [0.15, 0.2) is 11.6 Å². The van der Waals surface area contributed by atoms with E-state index >= 15 is 0 Å². The lowest BCUT2D eigenvalue weighted by Crippen LogP contribution is -2.26. The van der Waals surface area contributed by atoms with Crippen LogP contribution in [0.5, 0.6) is 0 Å². The van der Waals surface area contributed by atoms with Crippen LogP contribution in [0, 0.1) is 18.6 Å². The van der Waals surface area contributed by atoms with Crippen molar-refractivity contribution in [2.24, 2.45) is 0 Å². The van der Waals surface area contributed by atoms with Gasteiger partial charge in [-0.25, -0.2) is 13.8 Å². The molecule has 0 saturated carbocycles. The number of aromatic amines is 1. The Morgan fingerprint density at radius 3 is 2.70 bits per heavy atom.